The molecule has 0 aromatic heterocycles. The van der Waals surface area contributed by atoms with Gasteiger partial charge < -0.3 is 0 Å². The largest absolute Gasteiger partial charge is 0.304 e. The van der Waals surface area contributed by atoms with Crippen LogP contribution in [0.1, 0.15) is 11.1 Å². The van der Waals surface area contributed by atoms with E-state index in [1.165, 1.54) is 40.2 Å². The molecule has 28 heavy (non-hydrogen) atoms. The van der Waals surface area contributed by atoms with Crippen molar-refractivity contribution in [1.29, 1.82) is 0 Å². The number of nitrogens with zero attached hydrogens (tertiary/aromatic N) is 2. The van der Waals surface area contributed by atoms with Gasteiger partial charge in [-0.25, -0.2) is 9.11 Å². The van der Waals surface area contributed by atoms with Crippen LogP contribution in [0.5, 0.6) is 0 Å². The van der Waals surface area contributed by atoms with Crippen molar-refractivity contribution in [3.63, 3.8) is 0 Å². The fourth-order valence-corrected chi connectivity index (χ4v) is 4.04. The molecule has 0 bridgehead atoms. The molecule has 1 amide bonds. The number of rotatable bonds is 6. The van der Waals surface area contributed by atoms with Gasteiger partial charge in [-0.1, -0.05) is 42.5 Å². The third kappa shape index (κ3) is 5.72. The standard InChI is InChI=1S/C20H22FN3O3S/c21-19-9-6-17(7-10-19)8-11-20(25)22-28(26,27)24-14-12-23(13-15-24)16-18-4-2-1-3-5-18/h1-11H,12-16H2,(H,22,25). The highest BCUT2D eigenvalue weighted by Crippen LogP contribution is 2.11. The van der Waals surface area contributed by atoms with Gasteiger partial charge in [0.25, 0.3) is 5.91 Å². The van der Waals surface area contributed by atoms with Crippen LogP contribution in [0.4, 0.5) is 4.39 Å². The Bertz CT molecular complexity index is 923. The van der Waals surface area contributed by atoms with E-state index in [2.05, 4.69) is 9.62 Å². The minimum atomic E-state index is -3.89. The first-order valence-electron chi connectivity index (χ1n) is 8.94. The first kappa shape index (κ1) is 20.2. The smallest absolute Gasteiger partial charge is 0.296 e. The molecule has 3 rings (SSSR count). The second-order valence-corrected chi connectivity index (χ2v) is 8.19. The van der Waals surface area contributed by atoms with Crippen molar-refractivity contribution in [3.8, 4) is 0 Å². The molecule has 0 unspecified atom stereocenters. The highest BCUT2D eigenvalue weighted by molar-refractivity contribution is 7.87. The number of carbonyl (C=O) groups excluding carboxylic acids is 1. The maximum absolute atomic E-state index is 12.9. The molecule has 0 saturated carbocycles. The minimum absolute atomic E-state index is 0.317. The summed E-state index contributed by atoms with van der Waals surface area (Å²) in [5, 5.41) is 0. The van der Waals surface area contributed by atoms with E-state index in [9.17, 15) is 17.6 Å². The predicted octanol–water partition coefficient (Wildman–Crippen LogP) is 2.02. The van der Waals surface area contributed by atoms with Gasteiger partial charge in [-0.2, -0.15) is 12.7 Å². The van der Waals surface area contributed by atoms with Crippen LogP contribution < -0.4 is 4.72 Å². The maximum atomic E-state index is 12.9. The van der Waals surface area contributed by atoms with E-state index in [1.807, 2.05) is 30.3 Å². The van der Waals surface area contributed by atoms with Crippen LogP contribution in [0.15, 0.2) is 60.7 Å². The van der Waals surface area contributed by atoms with E-state index in [0.29, 0.717) is 31.7 Å². The van der Waals surface area contributed by atoms with Crippen LogP contribution in [-0.4, -0.2) is 49.7 Å². The average molecular weight is 403 g/mol. The van der Waals surface area contributed by atoms with Crippen molar-refractivity contribution in [2.75, 3.05) is 26.2 Å². The quantitative estimate of drug-likeness (QED) is 0.750. The molecule has 8 heteroatoms. The summed E-state index contributed by atoms with van der Waals surface area (Å²) in [4.78, 5) is 14.1. The molecule has 0 atom stereocenters. The minimum Gasteiger partial charge on any atom is -0.296 e. The lowest BCUT2D eigenvalue weighted by atomic mass is 10.2. The summed E-state index contributed by atoms with van der Waals surface area (Å²) in [7, 11) is -3.89. The van der Waals surface area contributed by atoms with E-state index in [4.69, 9.17) is 0 Å². The Morgan fingerprint density at radius 3 is 2.29 bits per heavy atom. The van der Waals surface area contributed by atoms with Crippen LogP contribution in [0.2, 0.25) is 0 Å². The number of carbonyl (C=O) groups is 1. The van der Waals surface area contributed by atoms with Crippen molar-refractivity contribution >= 4 is 22.2 Å². The van der Waals surface area contributed by atoms with Gasteiger partial charge in [-0.15, -0.1) is 0 Å². The number of piperazine rings is 1. The van der Waals surface area contributed by atoms with Crippen molar-refractivity contribution < 1.29 is 17.6 Å². The molecule has 1 aliphatic rings. The maximum Gasteiger partial charge on any atom is 0.304 e. The molecule has 1 N–H and O–H groups in total. The monoisotopic (exact) mass is 403 g/mol. The molecule has 2 aromatic carbocycles. The molecule has 1 aliphatic heterocycles. The van der Waals surface area contributed by atoms with Crippen LogP contribution in [-0.2, 0) is 21.5 Å². The van der Waals surface area contributed by atoms with E-state index >= 15 is 0 Å². The third-order valence-electron chi connectivity index (χ3n) is 4.45. The van der Waals surface area contributed by atoms with Gasteiger partial charge in [-0.3, -0.25) is 9.69 Å². The number of halogens is 1. The molecular formula is C20H22FN3O3S. The number of hydrogen-bond donors (Lipinski definition) is 1. The van der Waals surface area contributed by atoms with Crippen LogP contribution in [0.25, 0.3) is 6.08 Å². The molecular weight excluding hydrogens is 381 g/mol. The Kier molecular flexibility index (Phi) is 6.56. The topological polar surface area (TPSA) is 69.7 Å². The summed E-state index contributed by atoms with van der Waals surface area (Å²) in [6.45, 7) is 2.58. The summed E-state index contributed by atoms with van der Waals surface area (Å²) in [6, 6.07) is 15.5. The SMILES string of the molecule is O=C(C=Cc1ccc(F)cc1)NS(=O)(=O)N1CCN(Cc2ccccc2)CC1. The predicted molar refractivity (Wildman–Crippen MR) is 106 cm³/mol. The zero-order valence-electron chi connectivity index (χ0n) is 15.3. The Hall–Kier alpha value is -2.55. The van der Waals surface area contributed by atoms with Gasteiger partial charge in [0.05, 0.1) is 0 Å². The second kappa shape index (κ2) is 9.09. The molecule has 0 radical (unpaired) electrons. The van der Waals surface area contributed by atoms with Gasteiger partial charge in [0.1, 0.15) is 5.82 Å². The zero-order chi connectivity index (χ0) is 20.0. The Morgan fingerprint density at radius 2 is 1.64 bits per heavy atom. The Morgan fingerprint density at radius 1 is 1.00 bits per heavy atom. The molecule has 2 aromatic rings. The first-order valence-corrected chi connectivity index (χ1v) is 10.4. The highest BCUT2D eigenvalue weighted by Gasteiger charge is 2.27. The molecule has 1 saturated heterocycles. The zero-order valence-corrected chi connectivity index (χ0v) is 16.1. The van der Waals surface area contributed by atoms with Crippen LogP contribution in [0, 0.1) is 5.82 Å². The number of nitrogens with one attached hydrogen (secondary N) is 1. The lowest BCUT2D eigenvalue weighted by molar-refractivity contribution is -0.114. The fourth-order valence-electron chi connectivity index (χ4n) is 2.94. The van der Waals surface area contributed by atoms with Gasteiger partial charge in [0.15, 0.2) is 0 Å². The normalized spacial score (nSPS) is 16.3. The number of benzene rings is 2. The lowest BCUT2D eigenvalue weighted by Gasteiger charge is -2.33. The number of hydrogen-bond acceptors (Lipinski definition) is 4. The van der Waals surface area contributed by atoms with E-state index in [-0.39, 0.29) is 5.82 Å². The molecule has 1 heterocycles. The van der Waals surface area contributed by atoms with Crippen LogP contribution >= 0.6 is 0 Å². The van der Waals surface area contributed by atoms with E-state index < -0.39 is 16.1 Å². The fraction of sp³-hybridized carbons (Fsp3) is 0.250. The summed E-state index contributed by atoms with van der Waals surface area (Å²) >= 11 is 0. The Labute approximate surface area is 164 Å². The number of amides is 1. The summed E-state index contributed by atoms with van der Waals surface area (Å²) in [5.41, 5.74) is 1.78. The van der Waals surface area contributed by atoms with E-state index in [0.717, 1.165) is 12.6 Å². The molecule has 0 spiro atoms. The highest BCUT2D eigenvalue weighted by atomic mass is 32.2. The van der Waals surface area contributed by atoms with Crippen molar-refractivity contribution in [2.24, 2.45) is 0 Å². The summed E-state index contributed by atoms with van der Waals surface area (Å²) in [5.74, 6) is -1.12. The molecule has 1 fully saturated rings. The second-order valence-electron chi connectivity index (χ2n) is 6.52. The van der Waals surface area contributed by atoms with E-state index in [1.54, 1.807) is 0 Å². The molecule has 6 nitrogen and oxygen atoms in total. The molecule has 148 valence electrons. The van der Waals surface area contributed by atoms with Crippen LogP contribution in [0.3, 0.4) is 0 Å². The molecule has 0 aliphatic carbocycles. The summed E-state index contributed by atoms with van der Waals surface area (Å²) in [6.07, 6.45) is 2.55. The van der Waals surface area contributed by atoms with Crippen molar-refractivity contribution in [1.82, 2.24) is 13.9 Å². The van der Waals surface area contributed by atoms with Crippen molar-refractivity contribution in [3.05, 3.63) is 77.6 Å². The van der Waals surface area contributed by atoms with Gasteiger partial charge >= 0.3 is 10.2 Å². The lowest BCUT2D eigenvalue weighted by Crippen LogP contribution is -2.52. The van der Waals surface area contributed by atoms with Gasteiger partial charge in [-0.05, 0) is 29.3 Å². The third-order valence-corrected chi connectivity index (χ3v) is 5.95. The van der Waals surface area contributed by atoms with Gasteiger partial charge in [0, 0.05) is 38.8 Å². The average Bonchev–Trinajstić information content (AvgIpc) is 2.68. The Balaban J connectivity index is 1.50. The first-order chi connectivity index (χ1) is 13.4. The van der Waals surface area contributed by atoms with Crippen molar-refractivity contribution in [2.45, 2.75) is 6.54 Å². The van der Waals surface area contributed by atoms with Gasteiger partial charge in [0.2, 0.25) is 0 Å². The summed E-state index contributed by atoms with van der Waals surface area (Å²) < 4.78 is 41.0.